The van der Waals surface area contributed by atoms with Crippen LogP contribution in [0.25, 0.3) is 0 Å². The number of rotatable bonds is 2. The van der Waals surface area contributed by atoms with Crippen LogP contribution in [0.15, 0.2) is 36.8 Å². The first-order valence-electron chi connectivity index (χ1n) is 6.40. The molecule has 0 unspecified atom stereocenters. The molecule has 0 N–H and O–H groups in total. The monoisotopic (exact) mass is 245 g/mol. The third-order valence-corrected chi connectivity index (χ3v) is 2.70. The van der Waals surface area contributed by atoms with E-state index in [1.54, 1.807) is 0 Å². The molecule has 3 heteroatoms. The molecule has 0 aliphatic rings. The minimum absolute atomic E-state index is 0.547. The Kier molecular flexibility index (Phi) is 5.56. The molecule has 0 saturated heterocycles. The van der Waals surface area contributed by atoms with Crippen molar-refractivity contribution in [3.05, 3.63) is 48.0 Å². The van der Waals surface area contributed by atoms with E-state index in [9.17, 15) is 0 Å². The summed E-state index contributed by atoms with van der Waals surface area (Å²) in [5.74, 6) is 1.17. The van der Waals surface area contributed by atoms with Crippen molar-refractivity contribution in [2.45, 2.75) is 39.5 Å². The van der Waals surface area contributed by atoms with Crippen LogP contribution in [0.2, 0.25) is 0 Å². The van der Waals surface area contributed by atoms with E-state index >= 15 is 0 Å². The van der Waals surface area contributed by atoms with Crippen molar-refractivity contribution in [2.75, 3.05) is 0 Å². The molecule has 0 radical (unpaired) electrons. The van der Waals surface area contributed by atoms with E-state index in [0.717, 1.165) is 5.69 Å². The number of hydrogen-bond donors (Lipinski definition) is 0. The molecule has 2 heterocycles. The summed E-state index contributed by atoms with van der Waals surface area (Å²) in [5, 5.41) is 4.23. The highest BCUT2D eigenvalue weighted by molar-refractivity contribution is 5.13. The van der Waals surface area contributed by atoms with E-state index in [1.807, 2.05) is 48.5 Å². The van der Waals surface area contributed by atoms with Gasteiger partial charge in [0.05, 0.1) is 5.69 Å². The molecule has 0 amide bonds. The van der Waals surface area contributed by atoms with Gasteiger partial charge in [0.15, 0.2) is 0 Å². The van der Waals surface area contributed by atoms with Crippen LogP contribution in [-0.4, -0.2) is 14.8 Å². The molecule has 0 bridgehead atoms. The van der Waals surface area contributed by atoms with Crippen LogP contribution >= 0.6 is 0 Å². The number of nitrogens with zero attached hydrogens (tertiary/aromatic N) is 3. The van der Waals surface area contributed by atoms with Gasteiger partial charge in [-0.25, -0.2) is 0 Å². The SMILES string of the molecule is CC(C)c1ccn(C)n1.CC(C)c1ccncc1. The second kappa shape index (κ2) is 6.94. The summed E-state index contributed by atoms with van der Waals surface area (Å²) < 4.78 is 1.83. The summed E-state index contributed by atoms with van der Waals surface area (Å²) >= 11 is 0. The van der Waals surface area contributed by atoms with E-state index in [1.165, 1.54) is 5.56 Å². The summed E-state index contributed by atoms with van der Waals surface area (Å²) in [6, 6.07) is 6.14. The average Bonchev–Trinajstić information content (AvgIpc) is 2.78. The Bertz CT molecular complexity index is 444. The Morgan fingerprint density at radius 2 is 1.56 bits per heavy atom. The molecular weight excluding hydrogens is 222 g/mol. The van der Waals surface area contributed by atoms with Gasteiger partial charge >= 0.3 is 0 Å². The molecule has 2 aromatic heterocycles. The van der Waals surface area contributed by atoms with Crippen LogP contribution in [0.3, 0.4) is 0 Å². The van der Waals surface area contributed by atoms with E-state index in [0.29, 0.717) is 11.8 Å². The van der Waals surface area contributed by atoms with Gasteiger partial charge in [-0.3, -0.25) is 9.67 Å². The van der Waals surface area contributed by atoms with Gasteiger partial charge in [-0.15, -0.1) is 0 Å². The summed E-state index contributed by atoms with van der Waals surface area (Å²) in [7, 11) is 1.94. The van der Waals surface area contributed by atoms with Gasteiger partial charge in [0.1, 0.15) is 0 Å². The van der Waals surface area contributed by atoms with Crippen molar-refractivity contribution >= 4 is 0 Å². The number of aryl methyl sites for hydroxylation is 1. The second-order valence-corrected chi connectivity index (χ2v) is 5.00. The second-order valence-electron chi connectivity index (χ2n) is 5.00. The predicted molar refractivity (Wildman–Crippen MR) is 75.6 cm³/mol. The molecular formula is C15H23N3. The lowest BCUT2D eigenvalue weighted by Crippen LogP contribution is -1.92. The molecule has 0 saturated carbocycles. The lowest BCUT2D eigenvalue weighted by Gasteiger charge is -2.01. The zero-order valence-electron chi connectivity index (χ0n) is 12.0. The normalized spacial score (nSPS) is 10.4. The first-order valence-corrected chi connectivity index (χ1v) is 6.40. The fraction of sp³-hybridized carbons (Fsp3) is 0.467. The number of aromatic nitrogens is 3. The summed E-state index contributed by atoms with van der Waals surface area (Å²) in [5.41, 5.74) is 2.52. The van der Waals surface area contributed by atoms with Gasteiger partial charge in [0, 0.05) is 25.6 Å². The van der Waals surface area contributed by atoms with Crippen molar-refractivity contribution in [2.24, 2.45) is 7.05 Å². The van der Waals surface area contributed by atoms with Crippen LogP contribution in [0, 0.1) is 0 Å². The molecule has 3 nitrogen and oxygen atoms in total. The lowest BCUT2D eigenvalue weighted by atomic mass is 10.1. The third-order valence-electron chi connectivity index (χ3n) is 2.70. The minimum Gasteiger partial charge on any atom is -0.276 e. The quantitative estimate of drug-likeness (QED) is 0.806. The maximum absolute atomic E-state index is 4.23. The van der Waals surface area contributed by atoms with Gasteiger partial charge in [0.2, 0.25) is 0 Å². The fourth-order valence-corrected chi connectivity index (χ4v) is 1.49. The molecule has 0 aliphatic heterocycles. The summed E-state index contributed by atoms with van der Waals surface area (Å²) in [4.78, 5) is 3.93. The maximum atomic E-state index is 4.23. The van der Waals surface area contributed by atoms with Crippen molar-refractivity contribution in [3.63, 3.8) is 0 Å². The van der Waals surface area contributed by atoms with Gasteiger partial charge in [-0.2, -0.15) is 5.10 Å². The van der Waals surface area contributed by atoms with Gasteiger partial charge < -0.3 is 0 Å². The number of hydrogen-bond acceptors (Lipinski definition) is 2. The molecule has 0 spiro atoms. The van der Waals surface area contributed by atoms with E-state index in [2.05, 4.69) is 37.8 Å². The smallest absolute Gasteiger partial charge is 0.0649 e. The maximum Gasteiger partial charge on any atom is 0.0649 e. The lowest BCUT2D eigenvalue weighted by molar-refractivity contribution is 0.713. The highest BCUT2D eigenvalue weighted by Gasteiger charge is 1.99. The predicted octanol–water partition coefficient (Wildman–Crippen LogP) is 3.75. The van der Waals surface area contributed by atoms with Crippen LogP contribution in [0.1, 0.15) is 50.8 Å². The summed E-state index contributed by atoms with van der Waals surface area (Å²) in [6.07, 6.45) is 5.62. The Morgan fingerprint density at radius 3 is 1.83 bits per heavy atom. The zero-order valence-corrected chi connectivity index (χ0v) is 12.0. The molecule has 0 fully saturated rings. The Labute approximate surface area is 110 Å². The Hall–Kier alpha value is -1.64. The van der Waals surface area contributed by atoms with Crippen molar-refractivity contribution < 1.29 is 0 Å². The van der Waals surface area contributed by atoms with E-state index in [4.69, 9.17) is 0 Å². The van der Waals surface area contributed by atoms with E-state index < -0.39 is 0 Å². The molecule has 98 valence electrons. The molecule has 2 rings (SSSR count). The van der Waals surface area contributed by atoms with Gasteiger partial charge in [-0.05, 0) is 35.6 Å². The molecule has 18 heavy (non-hydrogen) atoms. The fourth-order valence-electron chi connectivity index (χ4n) is 1.49. The largest absolute Gasteiger partial charge is 0.276 e. The summed E-state index contributed by atoms with van der Waals surface area (Å²) in [6.45, 7) is 8.63. The minimum atomic E-state index is 0.547. The highest BCUT2D eigenvalue weighted by atomic mass is 15.2. The van der Waals surface area contributed by atoms with Gasteiger partial charge in [0.25, 0.3) is 0 Å². The highest BCUT2D eigenvalue weighted by Crippen LogP contribution is 2.10. The third kappa shape index (κ3) is 4.70. The molecule has 0 aromatic carbocycles. The molecule has 0 atom stereocenters. The van der Waals surface area contributed by atoms with Crippen LogP contribution in [0.5, 0.6) is 0 Å². The van der Waals surface area contributed by atoms with Crippen LogP contribution < -0.4 is 0 Å². The van der Waals surface area contributed by atoms with Crippen molar-refractivity contribution in [3.8, 4) is 0 Å². The Morgan fingerprint density at radius 1 is 0.944 bits per heavy atom. The average molecular weight is 245 g/mol. The first kappa shape index (κ1) is 14.4. The standard InChI is InChI=1S/C8H11N.C7H12N2/c1-7(2)8-3-5-9-6-4-8;1-6(2)7-4-5-9(3)8-7/h3-7H,1-2H3;4-6H,1-3H3. The van der Waals surface area contributed by atoms with E-state index in [-0.39, 0.29) is 0 Å². The van der Waals surface area contributed by atoms with Crippen LogP contribution in [-0.2, 0) is 7.05 Å². The molecule has 0 aliphatic carbocycles. The topological polar surface area (TPSA) is 30.7 Å². The molecule has 2 aromatic rings. The first-order chi connectivity index (χ1) is 8.50. The van der Waals surface area contributed by atoms with Crippen LogP contribution in [0.4, 0.5) is 0 Å². The van der Waals surface area contributed by atoms with Crippen molar-refractivity contribution in [1.82, 2.24) is 14.8 Å². The van der Waals surface area contributed by atoms with Crippen molar-refractivity contribution in [1.29, 1.82) is 0 Å². The van der Waals surface area contributed by atoms with Gasteiger partial charge in [-0.1, -0.05) is 27.7 Å². The number of pyridine rings is 1. The Balaban J connectivity index is 0.000000180. The zero-order chi connectivity index (χ0) is 13.5.